The molecule has 2 aromatic heterocycles. The largest absolute Gasteiger partial charge is 0.465 e. The van der Waals surface area contributed by atoms with Crippen molar-refractivity contribution >= 4 is 40.0 Å². The highest BCUT2D eigenvalue weighted by Crippen LogP contribution is 2.33. The van der Waals surface area contributed by atoms with E-state index in [-0.39, 0.29) is 11.7 Å². The van der Waals surface area contributed by atoms with Crippen LogP contribution in [0.4, 0.5) is 5.00 Å². The lowest BCUT2D eigenvalue weighted by Crippen LogP contribution is -2.16. The van der Waals surface area contributed by atoms with Crippen LogP contribution in [0.25, 0.3) is 11.4 Å². The summed E-state index contributed by atoms with van der Waals surface area (Å²) in [5, 5.41) is 12.5. The summed E-state index contributed by atoms with van der Waals surface area (Å²) in [7, 11) is 3.21. The van der Waals surface area contributed by atoms with E-state index in [1.807, 2.05) is 56.7 Å². The second kappa shape index (κ2) is 8.79. The molecule has 1 aromatic carbocycles. The fraction of sp³-hybridized carbons (Fsp3) is 0.300. The fourth-order valence-corrected chi connectivity index (χ4v) is 4.63. The molecule has 0 bridgehead atoms. The van der Waals surface area contributed by atoms with Crippen LogP contribution >= 0.6 is 23.1 Å². The zero-order valence-corrected chi connectivity index (χ0v) is 18.5. The maximum Gasteiger partial charge on any atom is 0.341 e. The van der Waals surface area contributed by atoms with E-state index < -0.39 is 5.97 Å². The van der Waals surface area contributed by atoms with E-state index in [0.717, 1.165) is 27.4 Å². The highest BCUT2D eigenvalue weighted by atomic mass is 32.2. The first-order valence-corrected chi connectivity index (χ1v) is 10.7. The molecule has 0 atom stereocenters. The lowest BCUT2D eigenvalue weighted by atomic mass is 10.1. The van der Waals surface area contributed by atoms with Crippen LogP contribution in [0, 0.1) is 20.8 Å². The van der Waals surface area contributed by atoms with Gasteiger partial charge < -0.3 is 14.6 Å². The van der Waals surface area contributed by atoms with Crippen molar-refractivity contribution in [3.63, 3.8) is 0 Å². The first-order chi connectivity index (χ1) is 13.8. The van der Waals surface area contributed by atoms with Crippen LogP contribution in [0.15, 0.2) is 29.4 Å². The van der Waals surface area contributed by atoms with Gasteiger partial charge >= 0.3 is 5.97 Å². The van der Waals surface area contributed by atoms with Crippen molar-refractivity contribution in [3.8, 4) is 11.4 Å². The molecule has 9 heteroatoms. The minimum Gasteiger partial charge on any atom is -0.465 e. The molecule has 3 rings (SSSR count). The molecule has 1 amide bonds. The van der Waals surface area contributed by atoms with Crippen LogP contribution in [-0.2, 0) is 16.6 Å². The normalized spacial score (nSPS) is 10.8. The number of carbonyl (C=O) groups is 2. The lowest BCUT2D eigenvalue weighted by Gasteiger charge is -2.07. The van der Waals surface area contributed by atoms with Crippen molar-refractivity contribution < 1.29 is 14.3 Å². The summed E-state index contributed by atoms with van der Waals surface area (Å²) in [5.74, 6) is 0.229. The van der Waals surface area contributed by atoms with Gasteiger partial charge in [0.2, 0.25) is 5.91 Å². The number of methoxy groups -OCH3 is 1. The van der Waals surface area contributed by atoms with Gasteiger partial charge in [-0.1, -0.05) is 36.0 Å². The quantitative estimate of drug-likeness (QED) is 0.470. The monoisotopic (exact) mass is 430 g/mol. The van der Waals surface area contributed by atoms with Gasteiger partial charge in [-0.05, 0) is 31.9 Å². The molecule has 0 saturated carbocycles. The van der Waals surface area contributed by atoms with E-state index in [0.29, 0.717) is 15.7 Å². The van der Waals surface area contributed by atoms with Gasteiger partial charge in [-0.15, -0.1) is 21.5 Å². The van der Waals surface area contributed by atoms with Gasteiger partial charge in [0.15, 0.2) is 11.0 Å². The Morgan fingerprint density at radius 2 is 1.93 bits per heavy atom. The number of rotatable bonds is 6. The number of thioether (sulfide) groups is 1. The van der Waals surface area contributed by atoms with Gasteiger partial charge in [0.05, 0.1) is 18.4 Å². The van der Waals surface area contributed by atoms with Gasteiger partial charge in [-0.3, -0.25) is 4.79 Å². The zero-order chi connectivity index (χ0) is 21.1. The van der Waals surface area contributed by atoms with E-state index in [1.165, 1.54) is 30.2 Å². The fourth-order valence-electron chi connectivity index (χ4n) is 2.85. The van der Waals surface area contributed by atoms with Gasteiger partial charge in [-0.25, -0.2) is 4.79 Å². The van der Waals surface area contributed by atoms with Gasteiger partial charge in [0.1, 0.15) is 5.00 Å². The maximum atomic E-state index is 12.5. The van der Waals surface area contributed by atoms with E-state index >= 15 is 0 Å². The number of nitrogens with zero attached hydrogens (tertiary/aromatic N) is 3. The highest BCUT2D eigenvalue weighted by molar-refractivity contribution is 7.99. The molecule has 7 nitrogen and oxygen atoms in total. The van der Waals surface area contributed by atoms with Crippen molar-refractivity contribution in [1.29, 1.82) is 0 Å². The van der Waals surface area contributed by atoms with Crippen LogP contribution in [-0.4, -0.2) is 39.5 Å². The van der Waals surface area contributed by atoms with E-state index in [9.17, 15) is 9.59 Å². The minimum absolute atomic E-state index is 0.149. The molecule has 0 saturated heterocycles. The number of ether oxygens (including phenoxy) is 1. The smallest absolute Gasteiger partial charge is 0.341 e. The third-order valence-corrected chi connectivity index (χ3v) is 6.72. The first-order valence-electron chi connectivity index (χ1n) is 8.89. The Labute approximate surface area is 177 Å². The third kappa shape index (κ3) is 4.35. The van der Waals surface area contributed by atoms with Crippen molar-refractivity contribution in [2.45, 2.75) is 25.9 Å². The lowest BCUT2D eigenvalue weighted by molar-refractivity contribution is -0.113. The van der Waals surface area contributed by atoms with Gasteiger partial charge in [0, 0.05) is 17.5 Å². The Morgan fingerprint density at radius 1 is 1.21 bits per heavy atom. The second-order valence-electron chi connectivity index (χ2n) is 6.50. The number of esters is 1. The van der Waals surface area contributed by atoms with Crippen molar-refractivity contribution in [3.05, 3.63) is 45.8 Å². The molecule has 0 aliphatic rings. The first kappa shape index (κ1) is 21.1. The molecule has 0 spiro atoms. The number of anilines is 1. The molecule has 0 unspecified atom stereocenters. The Kier molecular flexibility index (Phi) is 6.39. The summed E-state index contributed by atoms with van der Waals surface area (Å²) in [6, 6.07) is 7.96. The number of hydrogen-bond donors (Lipinski definition) is 1. The van der Waals surface area contributed by atoms with Crippen molar-refractivity contribution in [1.82, 2.24) is 14.8 Å². The number of carbonyl (C=O) groups excluding carboxylic acids is 2. The number of hydrogen-bond acceptors (Lipinski definition) is 7. The summed E-state index contributed by atoms with van der Waals surface area (Å²) < 4.78 is 6.72. The predicted octanol–water partition coefficient (Wildman–Crippen LogP) is 3.99. The number of aryl methyl sites for hydroxylation is 2. The maximum absolute atomic E-state index is 12.5. The van der Waals surface area contributed by atoms with Crippen molar-refractivity contribution in [2.24, 2.45) is 7.05 Å². The molecular formula is C20H22N4O3S2. The average molecular weight is 431 g/mol. The second-order valence-corrected chi connectivity index (χ2v) is 8.66. The summed E-state index contributed by atoms with van der Waals surface area (Å²) in [6.07, 6.45) is 0. The molecule has 29 heavy (non-hydrogen) atoms. The highest BCUT2D eigenvalue weighted by Gasteiger charge is 2.22. The van der Waals surface area contributed by atoms with Crippen molar-refractivity contribution in [2.75, 3.05) is 18.2 Å². The number of aromatic nitrogens is 3. The predicted molar refractivity (Wildman–Crippen MR) is 116 cm³/mol. The summed E-state index contributed by atoms with van der Waals surface area (Å²) in [4.78, 5) is 25.5. The Hall–Kier alpha value is -2.65. The SMILES string of the molecule is COC(=O)c1c(NC(=O)CSc2nnc(-c3ccccc3C)n2C)sc(C)c1C. The zero-order valence-electron chi connectivity index (χ0n) is 16.9. The van der Waals surface area contributed by atoms with E-state index in [1.54, 1.807) is 0 Å². The number of amides is 1. The Balaban J connectivity index is 1.71. The summed E-state index contributed by atoms with van der Waals surface area (Å²) in [5.41, 5.74) is 3.34. The number of thiophene rings is 1. The van der Waals surface area contributed by atoms with Gasteiger partial charge in [0.25, 0.3) is 0 Å². The molecule has 0 radical (unpaired) electrons. The molecule has 3 aromatic rings. The Morgan fingerprint density at radius 3 is 2.62 bits per heavy atom. The van der Waals surface area contributed by atoms with Crippen LogP contribution in [0.3, 0.4) is 0 Å². The molecule has 0 aliphatic carbocycles. The number of benzene rings is 1. The van der Waals surface area contributed by atoms with Gasteiger partial charge in [-0.2, -0.15) is 0 Å². The third-order valence-electron chi connectivity index (χ3n) is 4.58. The summed E-state index contributed by atoms with van der Waals surface area (Å²) >= 11 is 2.66. The summed E-state index contributed by atoms with van der Waals surface area (Å²) in [6.45, 7) is 5.77. The molecular weight excluding hydrogens is 408 g/mol. The molecule has 152 valence electrons. The molecule has 0 fully saturated rings. The topological polar surface area (TPSA) is 86.1 Å². The van der Waals surface area contributed by atoms with Crippen LogP contribution < -0.4 is 5.32 Å². The van der Waals surface area contributed by atoms with Crippen LogP contribution in [0.2, 0.25) is 0 Å². The average Bonchev–Trinajstić information content (AvgIpc) is 3.19. The number of nitrogens with one attached hydrogen (secondary N) is 1. The minimum atomic E-state index is -0.453. The standard InChI is InChI=1S/C20H22N4O3S2/c1-11-8-6-7-9-14(11)17-22-23-20(24(17)4)28-10-15(25)21-18-16(19(26)27-5)12(2)13(3)29-18/h6-9H,10H2,1-5H3,(H,21,25). The van der Waals surface area contributed by atoms with Crippen LogP contribution in [0.1, 0.15) is 26.4 Å². The molecule has 2 heterocycles. The van der Waals surface area contributed by atoms with E-state index in [4.69, 9.17) is 4.74 Å². The molecule has 0 aliphatic heterocycles. The van der Waals surface area contributed by atoms with Crippen LogP contribution in [0.5, 0.6) is 0 Å². The molecule has 1 N–H and O–H groups in total. The van der Waals surface area contributed by atoms with E-state index in [2.05, 4.69) is 15.5 Å². The Bertz CT molecular complexity index is 1070.